The van der Waals surface area contributed by atoms with Crippen molar-refractivity contribution in [2.75, 3.05) is 39.3 Å². The molecular weight excluding hydrogens is 529 g/mol. The third-order valence-electron chi connectivity index (χ3n) is 10.6. The van der Waals surface area contributed by atoms with Gasteiger partial charge in [-0.2, -0.15) is 0 Å². The van der Waals surface area contributed by atoms with Crippen LogP contribution < -0.4 is 0 Å². The Morgan fingerprint density at radius 2 is 1.80 bits per heavy atom. The summed E-state index contributed by atoms with van der Waals surface area (Å²) in [5.41, 5.74) is 0.654. The van der Waals surface area contributed by atoms with Crippen molar-refractivity contribution in [2.45, 2.75) is 96.6 Å². The van der Waals surface area contributed by atoms with Gasteiger partial charge in [0.15, 0.2) is 0 Å². The zero-order valence-electron chi connectivity index (χ0n) is 24.8. The summed E-state index contributed by atoms with van der Waals surface area (Å²) in [4.78, 5) is 33.4. The van der Waals surface area contributed by atoms with Crippen molar-refractivity contribution in [3.63, 3.8) is 0 Å². The fraction of sp³-hybridized carbons (Fsp3) is 0.750. The number of hydrogen-bond donors (Lipinski definition) is 0. The maximum absolute atomic E-state index is 14.2. The normalized spacial score (nSPS) is 27.7. The molecule has 222 valence electrons. The molecule has 4 aliphatic rings. The number of rotatable bonds is 6. The molecular formula is C32H47ClFN3O3. The number of ether oxygens (including phenoxy) is 1. The molecule has 3 heterocycles. The van der Waals surface area contributed by atoms with Crippen molar-refractivity contribution in [1.82, 2.24) is 14.7 Å². The second kappa shape index (κ2) is 11.8. The van der Waals surface area contributed by atoms with E-state index in [1.54, 1.807) is 12.1 Å². The zero-order valence-corrected chi connectivity index (χ0v) is 25.5. The molecule has 0 spiro atoms. The minimum absolute atomic E-state index is 0.0166. The topological polar surface area (TPSA) is 53.1 Å². The van der Waals surface area contributed by atoms with Crippen LogP contribution in [0, 0.1) is 23.1 Å². The summed E-state index contributed by atoms with van der Waals surface area (Å²) in [6.07, 6.45) is 8.63. The van der Waals surface area contributed by atoms with E-state index in [9.17, 15) is 14.0 Å². The molecule has 1 aliphatic carbocycles. The van der Waals surface area contributed by atoms with Crippen molar-refractivity contribution in [3.05, 3.63) is 34.6 Å². The van der Waals surface area contributed by atoms with Crippen molar-refractivity contribution < 1.29 is 18.7 Å². The summed E-state index contributed by atoms with van der Waals surface area (Å²) >= 11 is 6.19. The second-order valence-corrected chi connectivity index (χ2v) is 14.1. The molecule has 1 saturated carbocycles. The number of cyclic esters (lactones) is 1. The Labute approximate surface area is 244 Å². The Morgan fingerprint density at radius 3 is 2.40 bits per heavy atom. The van der Waals surface area contributed by atoms with E-state index in [1.165, 1.54) is 38.2 Å². The minimum Gasteiger partial charge on any atom is -0.447 e. The van der Waals surface area contributed by atoms with E-state index < -0.39 is 5.82 Å². The zero-order chi connectivity index (χ0) is 28.7. The second-order valence-electron chi connectivity index (χ2n) is 13.7. The van der Waals surface area contributed by atoms with E-state index in [0.29, 0.717) is 18.6 Å². The third-order valence-corrected chi connectivity index (χ3v) is 10.9. The van der Waals surface area contributed by atoms with E-state index in [0.717, 1.165) is 57.5 Å². The Bertz CT molecular complexity index is 1080. The summed E-state index contributed by atoms with van der Waals surface area (Å²) in [6, 6.07) is 5.32. The van der Waals surface area contributed by atoms with Crippen LogP contribution in [0.15, 0.2) is 18.2 Å². The van der Waals surface area contributed by atoms with Gasteiger partial charge in [-0.05, 0) is 95.4 Å². The monoisotopic (exact) mass is 575 g/mol. The molecule has 1 aromatic carbocycles. The van der Waals surface area contributed by atoms with Gasteiger partial charge in [-0.15, -0.1) is 0 Å². The fourth-order valence-electron chi connectivity index (χ4n) is 7.87. The van der Waals surface area contributed by atoms with E-state index >= 15 is 0 Å². The van der Waals surface area contributed by atoms with Gasteiger partial charge < -0.3 is 14.5 Å². The summed E-state index contributed by atoms with van der Waals surface area (Å²) in [7, 11) is 0. The van der Waals surface area contributed by atoms with Gasteiger partial charge in [-0.25, -0.2) is 9.18 Å². The Balaban J connectivity index is 1.34. The molecule has 8 heteroatoms. The van der Waals surface area contributed by atoms with Crippen molar-refractivity contribution in [2.24, 2.45) is 17.3 Å². The maximum atomic E-state index is 14.2. The molecule has 1 aromatic rings. The van der Waals surface area contributed by atoms with Crippen molar-refractivity contribution >= 4 is 23.6 Å². The van der Waals surface area contributed by atoms with Gasteiger partial charge in [0.1, 0.15) is 12.4 Å². The first-order chi connectivity index (χ1) is 19.0. The number of carbonyl (C=O) groups is 2. The summed E-state index contributed by atoms with van der Waals surface area (Å²) in [5, 5.41) is 0.115. The number of piperidine rings is 2. The number of carbonyl (C=O) groups excluding carboxylic acids is 2. The number of hydrogen-bond acceptors (Lipinski definition) is 4. The number of amides is 2. The Hall–Kier alpha value is -1.86. The average Bonchev–Trinajstić information content (AvgIpc) is 3.21. The molecule has 2 amide bonds. The molecule has 3 saturated heterocycles. The van der Waals surface area contributed by atoms with Crippen molar-refractivity contribution in [3.8, 4) is 0 Å². The molecule has 0 unspecified atom stereocenters. The van der Waals surface area contributed by atoms with Crippen LogP contribution in [0.2, 0.25) is 5.02 Å². The minimum atomic E-state index is -0.426. The Morgan fingerprint density at radius 1 is 1.10 bits per heavy atom. The van der Waals surface area contributed by atoms with Crippen LogP contribution in [-0.2, 0) is 9.53 Å². The molecule has 0 bridgehead atoms. The van der Waals surface area contributed by atoms with Crippen LogP contribution in [0.25, 0.3) is 0 Å². The predicted octanol–water partition coefficient (Wildman–Crippen LogP) is 6.71. The van der Waals surface area contributed by atoms with Gasteiger partial charge in [-0.1, -0.05) is 36.9 Å². The lowest BCUT2D eigenvalue weighted by Crippen LogP contribution is -2.56. The van der Waals surface area contributed by atoms with Crippen LogP contribution in [0.5, 0.6) is 0 Å². The van der Waals surface area contributed by atoms with Crippen LogP contribution in [0.4, 0.5) is 9.18 Å². The average molecular weight is 576 g/mol. The lowest BCUT2D eigenvalue weighted by atomic mass is 9.63. The highest BCUT2D eigenvalue weighted by molar-refractivity contribution is 6.30. The summed E-state index contributed by atoms with van der Waals surface area (Å²) in [5.74, 6) is 0.196. The van der Waals surface area contributed by atoms with E-state index in [4.69, 9.17) is 16.3 Å². The molecule has 0 N–H and O–H groups in total. The van der Waals surface area contributed by atoms with E-state index in [1.807, 2.05) is 4.90 Å². The highest BCUT2D eigenvalue weighted by atomic mass is 35.5. The lowest BCUT2D eigenvalue weighted by molar-refractivity contribution is -0.142. The van der Waals surface area contributed by atoms with E-state index in [2.05, 4.69) is 37.5 Å². The molecule has 0 radical (unpaired) electrons. The first-order valence-electron chi connectivity index (χ1n) is 15.4. The molecule has 5 rings (SSSR count). The van der Waals surface area contributed by atoms with Crippen molar-refractivity contribution in [1.29, 1.82) is 0 Å². The first kappa shape index (κ1) is 29.6. The van der Waals surface area contributed by atoms with Gasteiger partial charge in [0.05, 0.1) is 10.6 Å². The first-order valence-corrected chi connectivity index (χ1v) is 15.8. The lowest BCUT2D eigenvalue weighted by Gasteiger charge is -2.51. The quantitative estimate of drug-likeness (QED) is 0.378. The van der Waals surface area contributed by atoms with Gasteiger partial charge in [-0.3, -0.25) is 9.69 Å². The van der Waals surface area contributed by atoms with Gasteiger partial charge in [0, 0.05) is 44.1 Å². The molecule has 6 nitrogen and oxygen atoms in total. The molecule has 0 aromatic heterocycles. The Kier molecular flexibility index (Phi) is 8.73. The maximum Gasteiger partial charge on any atom is 0.410 e. The van der Waals surface area contributed by atoms with Gasteiger partial charge in [0.2, 0.25) is 5.91 Å². The molecule has 40 heavy (non-hydrogen) atoms. The smallest absolute Gasteiger partial charge is 0.410 e. The van der Waals surface area contributed by atoms with Crippen LogP contribution in [0.3, 0.4) is 0 Å². The predicted molar refractivity (Wildman–Crippen MR) is 156 cm³/mol. The third kappa shape index (κ3) is 5.88. The highest BCUT2D eigenvalue weighted by Crippen LogP contribution is 2.48. The number of nitrogens with zero attached hydrogens (tertiary/aromatic N) is 3. The summed E-state index contributed by atoms with van der Waals surface area (Å²) < 4.78 is 19.5. The number of likely N-dealkylation sites (tertiary alicyclic amines) is 2. The van der Waals surface area contributed by atoms with Gasteiger partial charge in [0.25, 0.3) is 0 Å². The van der Waals surface area contributed by atoms with Gasteiger partial charge >= 0.3 is 6.09 Å². The summed E-state index contributed by atoms with van der Waals surface area (Å²) in [6.45, 7) is 12.8. The molecule has 4 fully saturated rings. The van der Waals surface area contributed by atoms with Crippen LogP contribution >= 0.6 is 11.6 Å². The van der Waals surface area contributed by atoms with E-state index in [-0.39, 0.29) is 39.8 Å². The number of halogens is 2. The fourth-order valence-corrected chi connectivity index (χ4v) is 8.06. The standard InChI is InChI=1S/C32H47ClFN3O3/c1-22(2)36-15-12-25(26(19-36)23-10-11-28(34)27(33)18-23)29(38)35-16-13-32(14-17-35,24-8-6-5-7-9-24)20-37-30(39)40-21-31(37,3)4/h10-11,18,22,24-26H,5-9,12-17,19-21H2,1-4H3/t25-,26+/m1/s1. The largest absolute Gasteiger partial charge is 0.447 e. The molecule has 2 atom stereocenters. The SMILES string of the molecule is CC(C)N1CC[C@@H](C(=O)N2CCC(CN3C(=O)OCC3(C)C)(C3CCCCC3)CC2)[C@H](c2ccc(F)c(Cl)c2)C1. The molecule has 3 aliphatic heterocycles. The van der Waals surface area contributed by atoms with Crippen LogP contribution in [-0.4, -0.2) is 77.6 Å². The highest BCUT2D eigenvalue weighted by Gasteiger charge is 2.50. The number of benzene rings is 1. The van der Waals surface area contributed by atoms with Crippen LogP contribution in [0.1, 0.15) is 90.5 Å².